The SMILES string of the molecule is CCN(c1ccccc1)S(=O)(=O)c1cccc(C(=O)NCCNC(=O)c2ccccc2F)c1. The van der Waals surface area contributed by atoms with Crippen LogP contribution in [0.25, 0.3) is 0 Å². The number of nitrogens with zero attached hydrogens (tertiary/aromatic N) is 1. The van der Waals surface area contributed by atoms with Crippen LogP contribution in [0.4, 0.5) is 10.1 Å². The fourth-order valence-electron chi connectivity index (χ4n) is 3.21. The van der Waals surface area contributed by atoms with E-state index in [4.69, 9.17) is 0 Å². The van der Waals surface area contributed by atoms with Gasteiger partial charge < -0.3 is 10.6 Å². The average Bonchev–Trinajstić information content (AvgIpc) is 2.83. The highest BCUT2D eigenvalue weighted by molar-refractivity contribution is 7.92. The van der Waals surface area contributed by atoms with Gasteiger partial charge in [0, 0.05) is 25.2 Å². The van der Waals surface area contributed by atoms with Gasteiger partial charge in [-0.1, -0.05) is 36.4 Å². The van der Waals surface area contributed by atoms with E-state index >= 15 is 0 Å². The van der Waals surface area contributed by atoms with E-state index in [9.17, 15) is 22.4 Å². The Kier molecular flexibility index (Phi) is 7.78. The molecule has 0 spiro atoms. The quantitative estimate of drug-likeness (QED) is 0.471. The van der Waals surface area contributed by atoms with Crippen LogP contribution in [0.2, 0.25) is 0 Å². The molecule has 0 aromatic heterocycles. The summed E-state index contributed by atoms with van der Waals surface area (Å²) >= 11 is 0. The lowest BCUT2D eigenvalue weighted by molar-refractivity contribution is 0.0925. The number of anilines is 1. The molecule has 33 heavy (non-hydrogen) atoms. The number of hydrogen-bond donors (Lipinski definition) is 2. The number of amides is 2. The summed E-state index contributed by atoms with van der Waals surface area (Å²) in [6.45, 7) is 2.12. The Balaban J connectivity index is 1.63. The topological polar surface area (TPSA) is 95.6 Å². The number of benzene rings is 3. The second-order valence-electron chi connectivity index (χ2n) is 7.02. The summed E-state index contributed by atoms with van der Waals surface area (Å²) in [5.41, 5.74) is 0.613. The van der Waals surface area contributed by atoms with Gasteiger partial charge in [-0.2, -0.15) is 0 Å². The highest BCUT2D eigenvalue weighted by Gasteiger charge is 2.24. The lowest BCUT2D eigenvalue weighted by atomic mass is 10.2. The van der Waals surface area contributed by atoms with Crippen molar-refractivity contribution in [2.75, 3.05) is 23.9 Å². The maximum absolute atomic E-state index is 13.6. The average molecular weight is 470 g/mol. The molecule has 0 radical (unpaired) electrons. The summed E-state index contributed by atoms with van der Waals surface area (Å²) in [6, 6.07) is 20.1. The summed E-state index contributed by atoms with van der Waals surface area (Å²) < 4.78 is 41.2. The fourth-order valence-corrected chi connectivity index (χ4v) is 4.73. The largest absolute Gasteiger partial charge is 0.350 e. The van der Waals surface area contributed by atoms with E-state index in [-0.39, 0.29) is 35.7 Å². The molecule has 2 N–H and O–H groups in total. The summed E-state index contributed by atoms with van der Waals surface area (Å²) in [5, 5.41) is 5.14. The molecule has 0 saturated heterocycles. The third-order valence-corrected chi connectivity index (χ3v) is 6.73. The lowest BCUT2D eigenvalue weighted by Gasteiger charge is -2.23. The van der Waals surface area contributed by atoms with E-state index in [1.165, 1.54) is 46.8 Å². The number of sulfonamides is 1. The second-order valence-corrected chi connectivity index (χ2v) is 8.89. The van der Waals surface area contributed by atoms with Crippen molar-refractivity contribution in [3.63, 3.8) is 0 Å². The molecular weight excluding hydrogens is 445 g/mol. The third kappa shape index (κ3) is 5.75. The van der Waals surface area contributed by atoms with Crippen molar-refractivity contribution >= 4 is 27.5 Å². The number of carbonyl (C=O) groups excluding carboxylic acids is 2. The molecule has 2 amide bonds. The van der Waals surface area contributed by atoms with Gasteiger partial charge in [-0.25, -0.2) is 12.8 Å². The minimum Gasteiger partial charge on any atom is -0.350 e. The summed E-state index contributed by atoms with van der Waals surface area (Å²) in [7, 11) is -3.87. The fraction of sp³-hybridized carbons (Fsp3) is 0.167. The first-order valence-electron chi connectivity index (χ1n) is 10.3. The zero-order valence-corrected chi connectivity index (χ0v) is 18.8. The summed E-state index contributed by atoms with van der Waals surface area (Å²) in [4.78, 5) is 24.5. The van der Waals surface area contributed by atoms with E-state index in [0.29, 0.717) is 5.69 Å². The predicted molar refractivity (Wildman–Crippen MR) is 124 cm³/mol. The molecule has 0 heterocycles. The van der Waals surface area contributed by atoms with Gasteiger partial charge >= 0.3 is 0 Å². The third-order valence-electron chi connectivity index (χ3n) is 4.83. The van der Waals surface area contributed by atoms with Gasteiger partial charge in [0.15, 0.2) is 0 Å². The minimum absolute atomic E-state index is 0.00583. The second kappa shape index (κ2) is 10.7. The monoisotopic (exact) mass is 469 g/mol. The highest BCUT2D eigenvalue weighted by Crippen LogP contribution is 2.23. The predicted octanol–water partition coefficient (Wildman–Crippen LogP) is 3.20. The van der Waals surface area contributed by atoms with E-state index < -0.39 is 27.7 Å². The van der Waals surface area contributed by atoms with Crippen molar-refractivity contribution in [3.05, 3.63) is 95.8 Å². The van der Waals surface area contributed by atoms with Crippen LogP contribution >= 0.6 is 0 Å². The number of carbonyl (C=O) groups is 2. The first-order valence-corrected chi connectivity index (χ1v) is 11.8. The Hall–Kier alpha value is -3.72. The van der Waals surface area contributed by atoms with Gasteiger partial charge in [-0.3, -0.25) is 13.9 Å². The summed E-state index contributed by atoms with van der Waals surface area (Å²) in [5.74, 6) is -1.71. The first-order chi connectivity index (χ1) is 15.8. The first kappa shape index (κ1) is 23.9. The number of nitrogens with one attached hydrogen (secondary N) is 2. The van der Waals surface area contributed by atoms with E-state index in [0.717, 1.165) is 0 Å². The van der Waals surface area contributed by atoms with Crippen LogP contribution in [-0.4, -0.2) is 39.9 Å². The number of halogens is 1. The standard InChI is InChI=1S/C24H24FN3O4S/c1-2-28(19-10-4-3-5-11-19)33(31,32)20-12-8-9-18(17-20)23(29)26-15-16-27-24(30)21-13-6-7-14-22(21)25/h3-14,17H,2,15-16H2,1H3,(H,26,29)(H,27,30). The minimum atomic E-state index is -3.87. The molecule has 0 unspecified atom stereocenters. The summed E-state index contributed by atoms with van der Waals surface area (Å²) in [6.07, 6.45) is 0. The maximum Gasteiger partial charge on any atom is 0.264 e. The van der Waals surface area contributed by atoms with Crippen molar-refractivity contribution in [2.45, 2.75) is 11.8 Å². The molecule has 0 aliphatic carbocycles. The molecule has 3 aromatic carbocycles. The molecule has 0 bridgehead atoms. The molecule has 172 valence electrons. The van der Waals surface area contributed by atoms with E-state index in [1.54, 1.807) is 43.3 Å². The van der Waals surface area contributed by atoms with Gasteiger partial charge in [-0.05, 0) is 49.4 Å². The van der Waals surface area contributed by atoms with Crippen LogP contribution in [0.5, 0.6) is 0 Å². The molecule has 7 nitrogen and oxygen atoms in total. The smallest absolute Gasteiger partial charge is 0.264 e. The molecule has 3 rings (SSSR count). The van der Waals surface area contributed by atoms with E-state index in [1.807, 2.05) is 0 Å². The highest BCUT2D eigenvalue weighted by atomic mass is 32.2. The van der Waals surface area contributed by atoms with Gasteiger partial charge in [0.1, 0.15) is 5.82 Å². The Morgan fingerprint density at radius 2 is 1.48 bits per heavy atom. The van der Waals surface area contributed by atoms with Crippen LogP contribution in [0.3, 0.4) is 0 Å². The zero-order valence-electron chi connectivity index (χ0n) is 18.0. The molecule has 0 aliphatic rings. The molecule has 0 fully saturated rings. The van der Waals surface area contributed by atoms with Gasteiger partial charge in [0.05, 0.1) is 16.1 Å². The Labute approximate surface area is 192 Å². The van der Waals surface area contributed by atoms with Crippen LogP contribution < -0.4 is 14.9 Å². The Morgan fingerprint density at radius 1 is 0.848 bits per heavy atom. The van der Waals surface area contributed by atoms with Crippen LogP contribution in [-0.2, 0) is 10.0 Å². The van der Waals surface area contributed by atoms with Gasteiger partial charge in [-0.15, -0.1) is 0 Å². The number of rotatable bonds is 9. The Morgan fingerprint density at radius 3 is 2.15 bits per heavy atom. The van der Waals surface area contributed by atoms with Gasteiger partial charge in [0.2, 0.25) is 0 Å². The normalized spacial score (nSPS) is 11.0. The van der Waals surface area contributed by atoms with Crippen LogP contribution in [0.1, 0.15) is 27.6 Å². The lowest BCUT2D eigenvalue weighted by Crippen LogP contribution is -2.35. The van der Waals surface area contributed by atoms with Crippen LogP contribution in [0, 0.1) is 5.82 Å². The maximum atomic E-state index is 13.6. The van der Waals surface area contributed by atoms with E-state index in [2.05, 4.69) is 10.6 Å². The number of para-hydroxylation sites is 1. The van der Waals surface area contributed by atoms with Crippen molar-refractivity contribution in [1.29, 1.82) is 0 Å². The van der Waals surface area contributed by atoms with Crippen molar-refractivity contribution in [1.82, 2.24) is 10.6 Å². The molecule has 0 aliphatic heterocycles. The number of hydrogen-bond acceptors (Lipinski definition) is 4. The van der Waals surface area contributed by atoms with Crippen molar-refractivity contribution in [2.24, 2.45) is 0 Å². The Bertz CT molecular complexity index is 1230. The van der Waals surface area contributed by atoms with Crippen molar-refractivity contribution < 1.29 is 22.4 Å². The van der Waals surface area contributed by atoms with Crippen molar-refractivity contribution in [3.8, 4) is 0 Å². The zero-order chi connectivity index (χ0) is 23.8. The molecule has 3 aromatic rings. The van der Waals surface area contributed by atoms with Crippen LogP contribution in [0.15, 0.2) is 83.8 Å². The molecule has 0 atom stereocenters. The molecular formula is C24H24FN3O4S. The molecule has 9 heteroatoms. The molecule has 0 saturated carbocycles. The van der Waals surface area contributed by atoms with Gasteiger partial charge in [0.25, 0.3) is 21.8 Å².